The predicted octanol–water partition coefficient (Wildman–Crippen LogP) is 6.02. The summed E-state index contributed by atoms with van der Waals surface area (Å²) in [5.41, 5.74) is 3.27. The fraction of sp³-hybridized carbons (Fsp3) is 0.760. The predicted molar refractivity (Wildman–Crippen MR) is 130 cm³/mol. The lowest BCUT2D eigenvalue weighted by atomic mass is 9.69. The topological polar surface area (TPSA) is 57.2 Å². The maximum atomic E-state index is 9.77. The highest BCUT2D eigenvalue weighted by atomic mass is 28.4. The van der Waals surface area contributed by atoms with Gasteiger partial charge in [-0.1, -0.05) is 34.6 Å². The van der Waals surface area contributed by atoms with Crippen LogP contribution in [0.1, 0.15) is 76.0 Å². The van der Waals surface area contributed by atoms with Crippen LogP contribution >= 0.6 is 0 Å². The number of rotatable bonds is 8. The van der Waals surface area contributed by atoms with Crippen LogP contribution in [0.2, 0.25) is 18.1 Å². The van der Waals surface area contributed by atoms with Crippen LogP contribution in [0.25, 0.3) is 0 Å². The average molecular weight is 453 g/mol. The van der Waals surface area contributed by atoms with Crippen LogP contribution in [0.15, 0.2) is 0 Å². The van der Waals surface area contributed by atoms with Crippen LogP contribution in [-0.4, -0.2) is 47.5 Å². The Morgan fingerprint density at radius 1 is 1.00 bits per heavy atom. The van der Waals surface area contributed by atoms with E-state index in [4.69, 9.17) is 18.6 Å². The van der Waals surface area contributed by atoms with Crippen molar-refractivity contribution in [3.8, 4) is 17.2 Å². The number of methoxy groups -OCH3 is 3. The number of ether oxygens (including phenoxy) is 3. The van der Waals surface area contributed by atoms with Crippen LogP contribution < -0.4 is 14.2 Å². The number of aliphatic hydroxyl groups is 1. The number of fused-ring (bicyclic) bond motifs is 1. The van der Waals surface area contributed by atoms with Crippen molar-refractivity contribution in [3.63, 3.8) is 0 Å². The van der Waals surface area contributed by atoms with Crippen molar-refractivity contribution in [2.75, 3.05) is 27.9 Å². The molecule has 0 aromatic heterocycles. The largest absolute Gasteiger partial charge is 0.496 e. The molecule has 178 valence electrons. The van der Waals surface area contributed by atoms with E-state index in [-0.39, 0.29) is 35.5 Å². The summed E-state index contributed by atoms with van der Waals surface area (Å²) < 4.78 is 24.7. The first-order chi connectivity index (χ1) is 14.4. The standard InChI is InChI=1S/C25H44O5Si/c1-15(12-13-26)19-18(30-31(10,11)25(4,5)6)14-16(2)20-21(19)22(27-7)17(3)23(28-8)24(20)29-9/h15-16,18-19,26H,12-14H2,1-11H3/t15-,16+,18+,19+/m1/s1. The lowest BCUT2D eigenvalue weighted by Gasteiger charge is -2.47. The van der Waals surface area contributed by atoms with E-state index >= 15 is 0 Å². The highest BCUT2D eigenvalue weighted by Gasteiger charge is 2.47. The van der Waals surface area contributed by atoms with Gasteiger partial charge >= 0.3 is 0 Å². The third kappa shape index (κ3) is 4.76. The SMILES string of the molecule is COc1c(C)c(OC)c2c(c1OC)[C@@H](C)C[C@H](O[Si](C)(C)C(C)(C)C)[C@@H]2[C@H](C)CCO. The van der Waals surface area contributed by atoms with Gasteiger partial charge in [0, 0.05) is 29.2 Å². The van der Waals surface area contributed by atoms with Crippen LogP contribution in [-0.2, 0) is 4.43 Å². The van der Waals surface area contributed by atoms with Gasteiger partial charge < -0.3 is 23.7 Å². The lowest BCUT2D eigenvalue weighted by Crippen LogP contribution is -2.47. The van der Waals surface area contributed by atoms with E-state index in [9.17, 15) is 5.11 Å². The van der Waals surface area contributed by atoms with E-state index in [0.717, 1.165) is 34.8 Å². The molecule has 6 heteroatoms. The van der Waals surface area contributed by atoms with Gasteiger partial charge in [0.25, 0.3) is 0 Å². The molecule has 1 aromatic carbocycles. The van der Waals surface area contributed by atoms with E-state index < -0.39 is 8.32 Å². The third-order valence-electron chi connectivity index (χ3n) is 7.54. The van der Waals surface area contributed by atoms with Gasteiger partial charge in [0.1, 0.15) is 5.75 Å². The van der Waals surface area contributed by atoms with E-state index in [1.807, 2.05) is 6.92 Å². The second-order valence-corrected chi connectivity index (χ2v) is 15.4. The molecule has 0 saturated carbocycles. The number of hydrogen-bond acceptors (Lipinski definition) is 5. The van der Waals surface area contributed by atoms with E-state index in [2.05, 4.69) is 47.7 Å². The van der Waals surface area contributed by atoms with Crippen LogP contribution in [0.4, 0.5) is 0 Å². The van der Waals surface area contributed by atoms with Gasteiger partial charge in [-0.3, -0.25) is 0 Å². The summed E-state index contributed by atoms with van der Waals surface area (Å²) in [6, 6.07) is 0. The molecule has 1 N–H and O–H groups in total. The molecule has 0 saturated heterocycles. The van der Waals surface area contributed by atoms with Gasteiger partial charge in [-0.25, -0.2) is 0 Å². The molecule has 5 nitrogen and oxygen atoms in total. The Bertz CT molecular complexity index is 768. The fourth-order valence-corrected chi connectivity index (χ4v) is 6.24. The summed E-state index contributed by atoms with van der Waals surface area (Å²) in [6.07, 6.45) is 1.69. The second-order valence-electron chi connectivity index (χ2n) is 10.6. The second kappa shape index (κ2) is 9.71. The molecule has 1 aliphatic carbocycles. The number of benzene rings is 1. The summed E-state index contributed by atoms with van der Waals surface area (Å²) >= 11 is 0. The smallest absolute Gasteiger partial charge is 0.192 e. The lowest BCUT2D eigenvalue weighted by molar-refractivity contribution is 0.0921. The molecular formula is C25H44O5Si. The Morgan fingerprint density at radius 2 is 1.55 bits per heavy atom. The molecular weight excluding hydrogens is 408 g/mol. The molecule has 1 aromatic rings. The van der Waals surface area contributed by atoms with Gasteiger partial charge in [0.05, 0.1) is 27.4 Å². The zero-order valence-corrected chi connectivity index (χ0v) is 22.5. The van der Waals surface area contributed by atoms with E-state index in [1.165, 1.54) is 5.56 Å². The molecule has 0 unspecified atom stereocenters. The minimum absolute atomic E-state index is 0.0661. The summed E-state index contributed by atoms with van der Waals surface area (Å²) in [6.45, 7) is 18.1. The highest BCUT2D eigenvalue weighted by Crippen LogP contribution is 2.57. The van der Waals surface area contributed by atoms with Gasteiger partial charge in [-0.2, -0.15) is 0 Å². The molecule has 0 heterocycles. The van der Waals surface area contributed by atoms with Gasteiger partial charge in [0.2, 0.25) is 0 Å². The van der Waals surface area contributed by atoms with Crippen LogP contribution in [0, 0.1) is 12.8 Å². The summed E-state index contributed by atoms with van der Waals surface area (Å²) in [7, 11) is 3.12. The zero-order valence-electron chi connectivity index (χ0n) is 21.5. The first-order valence-electron chi connectivity index (χ1n) is 11.5. The van der Waals surface area contributed by atoms with Crippen molar-refractivity contribution in [1.29, 1.82) is 0 Å². The molecule has 0 spiro atoms. The summed E-state index contributed by atoms with van der Waals surface area (Å²) in [4.78, 5) is 0. The average Bonchev–Trinajstić information content (AvgIpc) is 2.66. The van der Waals surface area contributed by atoms with Crippen molar-refractivity contribution >= 4 is 8.32 Å². The first-order valence-corrected chi connectivity index (χ1v) is 14.4. The molecule has 2 rings (SSSR count). The molecule has 0 bridgehead atoms. The molecule has 0 radical (unpaired) electrons. The summed E-state index contributed by atoms with van der Waals surface area (Å²) in [5, 5.41) is 9.90. The van der Waals surface area contributed by atoms with Crippen LogP contribution in [0.3, 0.4) is 0 Å². The van der Waals surface area contributed by atoms with Crippen molar-refractivity contribution in [2.45, 2.75) is 90.5 Å². The molecule has 4 atom stereocenters. The van der Waals surface area contributed by atoms with Gasteiger partial charge in [0.15, 0.2) is 19.8 Å². The van der Waals surface area contributed by atoms with Crippen LogP contribution in [0.5, 0.6) is 17.2 Å². The molecule has 0 amide bonds. The van der Waals surface area contributed by atoms with E-state index in [1.54, 1.807) is 21.3 Å². The maximum Gasteiger partial charge on any atom is 0.192 e. The quantitative estimate of drug-likeness (QED) is 0.489. The number of hydrogen-bond donors (Lipinski definition) is 1. The Balaban J connectivity index is 2.78. The van der Waals surface area contributed by atoms with Crippen molar-refractivity contribution < 1.29 is 23.7 Å². The Labute approximate surface area is 190 Å². The fourth-order valence-electron chi connectivity index (χ4n) is 4.88. The Morgan fingerprint density at radius 3 is 2.00 bits per heavy atom. The number of aliphatic hydroxyl groups excluding tert-OH is 1. The minimum Gasteiger partial charge on any atom is -0.496 e. The van der Waals surface area contributed by atoms with Gasteiger partial charge in [-0.15, -0.1) is 0 Å². The minimum atomic E-state index is -1.99. The summed E-state index contributed by atoms with van der Waals surface area (Å²) in [5.74, 6) is 2.98. The monoisotopic (exact) mass is 452 g/mol. The maximum absolute atomic E-state index is 9.77. The first kappa shape index (κ1) is 26.0. The van der Waals surface area contributed by atoms with Crippen molar-refractivity contribution in [2.24, 2.45) is 5.92 Å². The molecule has 31 heavy (non-hydrogen) atoms. The van der Waals surface area contributed by atoms with Crippen molar-refractivity contribution in [1.82, 2.24) is 0 Å². The highest BCUT2D eigenvalue weighted by molar-refractivity contribution is 6.74. The Hall–Kier alpha value is -1.24. The molecule has 0 aliphatic heterocycles. The van der Waals surface area contributed by atoms with Crippen molar-refractivity contribution in [3.05, 3.63) is 16.7 Å². The zero-order chi connectivity index (χ0) is 23.7. The van der Waals surface area contributed by atoms with E-state index in [0.29, 0.717) is 6.42 Å². The molecule has 1 aliphatic rings. The normalized spacial score (nSPS) is 22.6. The molecule has 0 fully saturated rings. The third-order valence-corrected chi connectivity index (χ3v) is 12.0. The van der Waals surface area contributed by atoms with Gasteiger partial charge in [-0.05, 0) is 49.7 Å². The Kier molecular flexibility index (Phi) is 8.15.